The molecule has 24 heavy (non-hydrogen) atoms. The van der Waals surface area contributed by atoms with Gasteiger partial charge < -0.3 is 10.2 Å². The van der Waals surface area contributed by atoms with Crippen molar-refractivity contribution in [3.8, 4) is 0 Å². The summed E-state index contributed by atoms with van der Waals surface area (Å²) < 4.78 is 0. The van der Waals surface area contributed by atoms with Gasteiger partial charge in [-0.2, -0.15) is 0 Å². The third kappa shape index (κ3) is 5.26. The molecule has 0 radical (unpaired) electrons. The number of fused-ring (bicyclic) bond motifs is 1. The van der Waals surface area contributed by atoms with E-state index >= 15 is 0 Å². The summed E-state index contributed by atoms with van der Waals surface area (Å²) in [4.78, 5) is 25.5. The summed E-state index contributed by atoms with van der Waals surface area (Å²) in [5, 5.41) is 7.33. The highest BCUT2D eigenvalue weighted by atomic mass is 16.2. The van der Waals surface area contributed by atoms with E-state index < -0.39 is 6.03 Å². The molecule has 0 aromatic heterocycles. The molecule has 128 valence electrons. The van der Waals surface area contributed by atoms with Gasteiger partial charge in [0.1, 0.15) is 0 Å². The molecular weight excluding hydrogens is 302 g/mol. The van der Waals surface area contributed by atoms with Crippen LogP contribution >= 0.6 is 0 Å². The Balaban J connectivity index is 1.87. The highest BCUT2D eigenvalue weighted by molar-refractivity contribution is 5.96. The summed E-state index contributed by atoms with van der Waals surface area (Å²) in [7, 11) is 1.83. The molecule has 0 saturated heterocycles. The third-order valence-electron chi connectivity index (χ3n) is 3.81. The number of hydrogen-bond donors (Lipinski definition) is 2. The molecule has 3 amide bonds. The number of carbonyl (C=O) groups excluding carboxylic acids is 2. The van der Waals surface area contributed by atoms with E-state index in [9.17, 15) is 9.59 Å². The molecule has 0 aliphatic carbocycles. The van der Waals surface area contributed by atoms with Crippen LogP contribution in [0.2, 0.25) is 0 Å². The molecule has 5 heteroatoms. The van der Waals surface area contributed by atoms with Crippen LogP contribution in [0.4, 0.5) is 10.5 Å². The average Bonchev–Trinajstić information content (AvgIpc) is 2.53. The molecule has 2 N–H and O–H groups in total. The molecule has 0 heterocycles. The van der Waals surface area contributed by atoms with Gasteiger partial charge in [0.15, 0.2) is 0 Å². The molecule has 0 aliphatic heterocycles. The van der Waals surface area contributed by atoms with Gasteiger partial charge in [-0.25, -0.2) is 4.79 Å². The lowest BCUT2D eigenvalue weighted by molar-refractivity contribution is -0.118. The summed E-state index contributed by atoms with van der Waals surface area (Å²) in [6, 6.07) is 13.7. The smallest absolute Gasteiger partial charge is 0.321 e. The minimum Gasteiger partial charge on any atom is -0.365 e. The van der Waals surface area contributed by atoms with E-state index in [0.29, 0.717) is 12.5 Å². The molecule has 0 aliphatic rings. The maximum Gasteiger partial charge on any atom is 0.321 e. The molecule has 0 saturated carbocycles. The SMILES string of the molecule is CC(C)CCNC(=O)NC(=O)CN(C)c1ccc2ccccc2c1. The van der Waals surface area contributed by atoms with E-state index in [1.54, 1.807) is 0 Å². The largest absolute Gasteiger partial charge is 0.365 e. The summed E-state index contributed by atoms with van der Waals surface area (Å²) in [6.45, 7) is 4.86. The monoisotopic (exact) mass is 327 g/mol. The fourth-order valence-electron chi connectivity index (χ4n) is 2.41. The Bertz CT molecular complexity index is 713. The number of urea groups is 1. The van der Waals surface area contributed by atoms with Crippen LogP contribution in [0.3, 0.4) is 0 Å². The zero-order valence-electron chi connectivity index (χ0n) is 14.5. The second-order valence-electron chi connectivity index (χ2n) is 6.37. The third-order valence-corrected chi connectivity index (χ3v) is 3.81. The first-order valence-corrected chi connectivity index (χ1v) is 8.23. The molecule has 0 fully saturated rings. The fraction of sp³-hybridized carbons (Fsp3) is 0.368. The molecule has 0 atom stereocenters. The molecular formula is C19H25N3O2. The number of nitrogens with one attached hydrogen (secondary N) is 2. The summed E-state index contributed by atoms with van der Waals surface area (Å²) in [5.74, 6) is 0.188. The normalized spacial score (nSPS) is 10.7. The zero-order chi connectivity index (χ0) is 17.5. The standard InChI is InChI=1S/C19H25N3O2/c1-14(2)10-11-20-19(24)21-18(23)13-22(3)17-9-8-15-6-4-5-7-16(15)12-17/h4-9,12,14H,10-11,13H2,1-3H3,(H2,20,21,23,24). The van der Waals surface area contributed by atoms with Crippen molar-refractivity contribution in [3.05, 3.63) is 42.5 Å². The predicted molar refractivity (Wildman–Crippen MR) is 98.2 cm³/mol. The predicted octanol–water partition coefficient (Wildman–Crippen LogP) is 3.15. The Morgan fingerprint density at radius 1 is 1.08 bits per heavy atom. The molecule has 0 unspecified atom stereocenters. The van der Waals surface area contributed by atoms with Crippen molar-refractivity contribution in [2.45, 2.75) is 20.3 Å². The topological polar surface area (TPSA) is 61.4 Å². The van der Waals surface area contributed by atoms with Crippen LogP contribution in [-0.2, 0) is 4.79 Å². The van der Waals surface area contributed by atoms with Crippen molar-refractivity contribution in [1.82, 2.24) is 10.6 Å². The van der Waals surface area contributed by atoms with Crippen molar-refractivity contribution in [1.29, 1.82) is 0 Å². The van der Waals surface area contributed by atoms with Gasteiger partial charge in [0, 0.05) is 19.3 Å². The minimum atomic E-state index is -0.437. The molecule has 0 spiro atoms. The number of likely N-dealkylation sites (N-methyl/N-ethyl adjacent to an activating group) is 1. The van der Waals surface area contributed by atoms with Crippen LogP contribution in [0, 0.1) is 5.92 Å². The van der Waals surface area contributed by atoms with Gasteiger partial charge in [0.05, 0.1) is 6.54 Å². The number of imide groups is 1. The number of hydrogen-bond acceptors (Lipinski definition) is 3. The quantitative estimate of drug-likeness (QED) is 0.857. The van der Waals surface area contributed by atoms with Crippen LogP contribution in [0.25, 0.3) is 10.8 Å². The summed E-state index contributed by atoms with van der Waals surface area (Å²) in [6.07, 6.45) is 0.888. The molecule has 2 aromatic carbocycles. The number of benzene rings is 2. The van der Waals surface area contributed by atoms with E-state index in [1.807, 2.05) is 54.4 Å². The van der Waals surface area contributed by atoms with Crippen molar-refractivity contribution in [2.75, 3.05) is 25.0 Å². The number of rotatable bonds is 6. The highest BCUT2D eigenvalue weighted by Crippen LogP contribution is 2.21. The number of amides is 3. The van der Waals surface area contributed by atoms with Crippen LogP contribution in [0.15, 0.2) is 42.5 Å². The lowest BCUT2D eigenvalue weighted by Gasteiger charge is -2.19. The Morgan fingerprint density at radius 2 is 1.79 bits per heavy atom. The summed E-state index contributed by atoms with van der Waals surface area (Å²) in [5.41, 5.74) is 0.934. The highest BCUT2D eigenvalue weighted by Gasteiger charge is 2.11. The van der Waals surface area contributed by atoms with E-state index in [1.165, 1.54) is 0 Å². The van der Waals surface area contributed by atoms with E-state index in [-0.39, 0.29) is 12.5 Å². The lowest BCUT2D eigenvalue weighted by Crippen LogP contribution is -2.44. The van der Waals surface area contributed by atoms with Crippen molar-refractivity contribution < 1.29 is 9.59 Å². The van der Waals surface area contributed by atoms with Crippen LogP contribution in [0.1, 0.15) is 20.3 Å². The zero-order valence-corrected chi connectivity index (χ0v) is 14.5. The van der Waals surface area contributed by atoms with Gasteiger partial charge in [-0.1, -0.05) is 44.2 Å². The second kappa shape index (κ2) is 8.34. The van der Waals surface area contributed by atoms with Crippen LogP contribution in [-0.4, -0.2) is 32.1 Å². The minimum absolute atomic E-state index is 0.121. The van der Waals surface area contributed by atoms with Crippen LogP contribution in [0.5, 0.6) is 0 Å². The Labute approximate surface area is 143 Å². The first-order chi connectivity index (χ1) is 11.5. The van der Waals surface area contributed by atoms with Crippen molar-refractivity contribution >= 4 is 28.4 Å². The van der Waals surface area contributed by atoms with Gasteiger partial charge in [-0.15, -0.1) is 0 Å². The van der Waals surface area contributed by atoms with Crippen molar-refractivity contribution in [2.24, 2.45) is 5.92 Å². The van der Waals surface area contributed by atoms with E-state index in [4.69, 9.17) is 0 Å². The van der Waals surface area contributed by atoms with E-state index in [2.05, 4.69) is 24.5 Å². The van der Waals surface area contributed by atoms with Gasteiger partial charge in [0.2, 0.25) is 5.91 Å². The molecule has 5 nitrogen and oxygen atoms in total. The Kier molecular flexibility index (Phi) is 6.18. The lowest BCUT2D eigenvalue weighted by atomic mass is 10.1. The van der Waals surface area contributed by atoms with Gasteiger partial charge in [-0.3, -0.25) is 10.1 Å². The number of anilines is 1. The average molecular weight is 327 g/mol. The maximum atomic E-state index is 12.0. The number of carbonyl (C=O) groups is 2. The molecule has 2 rings (SSSR count). The van der Waals surface area contributed by atoms with Gasteiger partial charge >= 0.3 is 6.03 Å². The molecule has 2 aromatic rings. The molecule has 0 bridgehead atoms. The Hall–Kier alpha value is -2.56. The fourth-order valence-corrected chi connectivity index (χ4v) is 2.41. The Morgan fingerprint density at radius 3 is 2.50 bits per heavy atom. The van der Waals surface area contributed by atoms with Crippen LogP contribution < -0.4 is 15.5 Å². The van der Waals surface area contributed by atoms with E-state index in [0.717, 1.165) is 22.9 Å². The van der Waals surface area contributed by atoms with Crippen molar-refractivity contribution in [3.63, 3.8) is 0 Å². The first-order valence-electron chi connectivity index (χ1n) is 8.23. The second-order valence-corrected chi connectivity index (χ2v) is 6.37. The summed E-state index contributed by atoms with van der Waals surface area (Å²) >= 11 is 0. The van der Waals surface area contributed by atoms with Gasteiger partial charge in [0.25, 0.3) is 0 Å². The maximum absolute atomic E-state index is 12.0. The first kappa shape index (κ1) is 17.8. The van der Waals surface area contributed by atoms with Gasteiger partial charge in [-0.05, 0) is 35.2 Å². The number of nitrogens with zero attached hydrogens (tertiary/aromatic N) is 1.